The number of hydrogen-bond donors (Lipinski definition) is 2. The lowest BCUT2D eigenvalue weighted by Crippen LogP contribution is -2.38. The van der Waals surface area contributed by atoms with Crippen LogP contribution in [0.25, 0.3) is 0 Å². The predicted octanol–water partition coefficient (Wildman–Crippen LogP) is 1.19. The van der Waals surface area contributed by atoms with Crippen molar-refractivity contribution in [1.29, 1.82) is 0 Å². The second kappa shape index (κ2) is 8.05. The minimum absolute atomic E-state index is 0.0295. The number of carboxylic acid groups (broad SMARTS) is 1. The van der Waals surface area contributed by atoms with Crippen molar-refractivity contribution in [3.05, 3.63) is 35.9 Å². The summed E-state index contributed by atoms with van der Waals surface area (Å²) in [5.41, 5.74) is 1.28. The lowest BCUT2D eigenvalue weighted by molar-refractivity contribution is -0.133. The van der Waals surface area contributed by atoms with E-state index in [4.69, 9.17) is 5.11 Å². The van der Waals surface area contributed by atoms with E-state index in [1.165, 1.54) is 5.56 Å². The first kappa shape index (κ1) is 15.9. The number of thioether (sulfide) groups is 1. The van der Waals surface area contributed by atoms with Gasteiger partial charge in [-0.15, -0.1) is 11.8 Å². The molecule has 1 atom stereocenters. The number of hydrogen-bond acceptors (Lipinski definition) is 4. The third kappa shape index (κ3) is 5.77. The number of amides is 1. The Kier molecular flexibility index (Phi) is 6.07. The Bertz CT molecular complexity index is 481. The number of carbonyl (C=O) groups excluding carboxylic acids is 1. The highest BCUT2D eigenvalue weighted by atomic mass is 32.2. The molecule has 21 heavy (non-hydrogen) atoms. The van der Waals surface area contributed by atoms with Crippen LogP contribution >= 0.6 is 11.8 Å². The van der Waals surface area contributed by atoms with Gasteiger partial charge >= 0.3 is 5.97 Å². The summed E-state index contributed by atoms with van der Waals surface area (Å²) in [6.45, 7) is 2.73. The molecule has 0 saturated carbocycles. The number of benzene rings is 1. The molecule has 2 N–H and O–H groups in total. The molecule has 1 aromatic carbocycles. The molecule has 2 rings (SSSR count). The summed E-state index contributed by atoms with van der Waals surface area (Å²) in [5, 5.41) is 11.5. The Hall–Kier alpha value is -1.53. The maximum Gasteiger partial charge on any atom is 0.313 e. The van der Waals surface area contributed by atoms with Crippen molar-refractivity contribution in [1.82, 2.24) is 10.2 Å². The van der Waals surface area contributed by atoms with E-state index in [1.54, 1.807) is 0 Å². The lowest BCUT2D eigenvalue weighted by Gasteiger charge is -2.16. The molecule has 1 unspecified atom stereocenters. The second-order valence-corrected chi connectivity index (χ2v) is 6.15. The van der Waals surface area contributed by atoms with Crippen molar-refractivity contribution in [2.45, 2.75) is 19.0 Å². The van der Waals surface area contributed by atoms with E-state index in [1.807, 2.05) is 18.2 Å². The van der Waals surface area contributed by atoms with Gasteiger partial charge in [0.2, 0.25) is 5.91 Å². The van der Waals surface area contributed by atoms with Crippen LogP contribution in [0.3, 0.4) is 0 Å². The van der Waals surface area contributed by atoms with Gasteiger partial charge in [0, 0.05) is 25.7 Å². The van der Waals surface area contributed by atoms with Crippen LogP contribution in [0.15, 0.2) is 30.3 Å². The fourth-order valence-electron chi connectivity index (χ4n) is 2.44. The standard InChI is InChI=1S/C15H20N2O3S/c18-14(10-21-11-15(19)20)16-13-6-7-17(9-13)8-12-4-2-1-3-5-12/h1-5,13H,6-11H2,(H,16,18)(H,19,20). The van der Waals surface area contributed by atoms with Crippen LogP contribution in [0, 0.1) is 0 Å². The molecule has 0 aromatic heterocycles. The molecule has 5 nitrogen and oxygen atoms in total. The smallest absolute Gasteiger partial charge is 0.313 e. The highest BCUT2D eigenvalue weighted by Gasteiger charge is 2.23. The van der Waals surface area contributed by atoms with Crippen molar-refractivity contribution in [3.8, 4) is 0 Å². The maximum absolute atomic E-state index is 11.7. The summed E-state index contributed by atoms with van der Waals surface area (Å²) in [4.78, 5) is 24.4. The largest absolute Gasteiger partial charge is 0.481 e. The molecule has 114 valence electrons. The van der Waals surface area contributed by atoms with Crippen molar-refractivity contribution in [3.63, 3.8) is 0 Å². The average molecular weight is 308 g/mol. The second-order valence-electron chi connectivity index (χ2n) is 5.16. The van der Waals surface area contributed by atoms with Crippen LogP contribution in [0.1, 0.15) is 12.0 Å². The minimum Gasteiger partial charge on any atom is -0.481 e. The van der Waals surface area contributed by atoms with Crippen molar-refractivity contribution < 1.29 is 14.7 Å². The Morgan fingerprint density at radius 1 is 1.29 bits per heavy atom. The van der Waals surface area contributed by atoms with Crippen LogP contribution < -0.4 is 5.32 Å². The Morgan fingerprint density at radius 3 is 2.76 bits per heavy atom. The molecule has 1 saturated heterocycles. The summed E-state index contributed by atoms with van der Waals surface area (Å²) >= 11 is 1.13. The van der Waals surface area contributed by atoms with E-state index in [9.17, 15) is 9.59 Å². The molecule has 1 heterocycles. The highest BCUT2D eigenvalue weighted by molar-refractivity contribution is 8.00. The zero-order valence-electron chi connectivity index (χ0n) is 11.8. The normalized spacial score (nSPS) is 18.6. The van der Waals surface area contributed by atoms with E-state index >= 15 is 0 Å². The van der Waals surface area contributed by atoms with Gasteiger partial charge in [0.15, 0.2) is 0 Å². The summed E-state index contributed by atoms with van der Waals surface area (Å²) in [6.07, 6.45) is 0.947. The minimum atomic E-state index is -0.886. The van der Waals surface area contributed by atoms with Crippen molar-refractivity contribution in [2.75, 3.05) is 24.6 Å². The van der Waals surface area contributed by atoms with Gasteiger partial charge in [0.05, 0.1) is 11.5 Å². The first-order chi connectivity index (χ1) is 10.1. The van der Waals surface area contributed by atoms with E-state index in [0.717, 1.165) is 37.8 Å². The van der Waals surface area contributed by atoms with Crippen LogP contribution in [0.4, 0.5) is 0 Å². The first-order valence-electron chi connectivity index (χ1n) is 6.98. The zero-order chi connectivity index (χ0) is 15.1. The molecule has 0 spiro atoms. The summed E-state index contributed by atoms with van der Waals surface area (Å²) in [6, 6.07) is 10.5. The number of nitrogens with zero attached hydrogens (tertiary/aromatic N) is 1. The molecule has 1 aliphatic rings. The number of rotatable bonds is 7. The highest BCUT2D eigenvalue weighted by Crippen LogP contribution is 2.13. The van der Waals surface area contributed by atoms with E-state index < -0.39 is 5.97 Å². The van der Waals surface area contributed by atoms with Crippen LogP contribution in [-0.4, -0.2) is 52.5 Å². The molecular formula is C15H20N2O3S. The molecule has 1 fully saturated rings. The fourth-order valence-corrected chi connectivity index (χ4v) is 2.98. The monoisotopic (exact) mass is 308 g/mol. The van der Waals surface area contributed by atoms with Crippen LogP contribution in [0.2, 0.25) is 0 Å². The number of aliphatic carboxylic acids is 1. The summed E-state index contributed by atoms with van der Waals surface area (Å²) < 4.78 is 0. The quantitative estimate of drug-likeness (QED) is 0.792. The van der Waals surface area contributed by atoms with E-state index in [2.05, 4.69) is 22.3 Å². The average Bonchev–Trinajstić information content (AvgIpc) is 2.86. The van der Waals surface area contributed by atoms with Gasteiger partial charge in [-0.3, -0.25) is 14.5 Å². The molecule has 6 heteroatoms. The Morgan fingerprint density at radius 2 is 2.05 bits per heavy atom. The number of nitrogens with one attached hydrogen (secondary N) is 1. The number of likely N-dealkylation sites (tertiary alicyclic amines) is 1. The lowest BCUT2D eigenvalue weighted by atomic mass is 10.2. The van der Waals surface area contributed by atoms with Crippen molar-refractivity contribution in [2.24, 2.45) is 0 Å². The van der Waals surface area contributed by atoms with Crippen LogP contribution in [-0.2, 0) is 16.1 Å². The molecular weight excluding hydrogens is 288 g/mol. The molecule has 1 amide bonds. The van der Waals surface area contributed by atoms with Gasteiger partial charge < -0.3 is 10.4 Å². The summed E-state index contributed by atoms with van der Waals surface area (Å²) in [5.74, 6) is -0.782. The van der Waals surface area contributed by atoms with E-state index in [0.29, 0.717) is 0 Å². The molecule has 0 radical (unpaired) electrons. The topological polar surface area (TPSA) is 69.6 Å². The first-order valence-corrected chi connectivity index (χ1v) is 8.14. The third-order valence-electron chi connectivity index (χ3n) is 3.35. The van der Waals surface area contributed by atoms with Gasteiger partial charge in [-0.1, -0.05) is 30.3 Å². The van der Waals surface area contributed by atoms with Crippen molar-refractivity contribution >= 4 is 23.6 Å². The SMILES string of the molecule is O=C(O)CSCC(=O)NC1CCN(Cc2ccccc2)C1. The van der Waals surface area contributed by atoms with E-state index in [-0.39, 0.29) is 23.5 Å². The van der Waals surface area contributed by atoms with Crippen LogP contribution in [0.5, 0.6) is 0 Å². The zero-order valence-corrected chi connectivity index (χ0v) is 12.6. The third-order valence-corrected chi connectivity index (χ3v) is 4.26. The number of carbonyl (C=O) groups is 2. The predicted molar refractivity (Wildman–Crippen MR) is 83.2 cm³/mol. The number of carboxylic acids is 1. The molecule has 0 aliphatic carbocycles. The van der Waals surface area contributed by atoms with Gasteiger partial charge in [0.1, 0.15) is 0 Å². The maximum atomic E-state index is 11.7. The summed E-state index contributed by atoms with van der Waals surface area (Å²) in [7, 11) is 0. The Balaban J connectivity index is 1.68. The molecule has 0 bridgehead atoms. The van der Waals surface area contributed by atoms with Gasteiger partial charge in [-0.25, -0.2) is 0 Å². The fraction of sp³-hybridized carbons (Fsp3) is 0.467. The van der Waals surface area contributed by atoms with Gasteiger partial charge in [-0.2, -0.15) is 0 Å². The molecule has 1 aliphatic heterocycles. The molecule has 1 aromatic rings. The van der Waals surface area contributed by atoms with Gasteiger partial charge in [-0.05, 0) is 12.0 Å². The van der Waals surface area contributed by atoms with Gasteiger partial charge in [0.25, 0.3) is 0 Å². The Labute approximate surface area is 128 Å².